The highest BCUT2D eigenvalue weighted by Gasteiger charge is 2.43. The van der Waals surface area contributed by atoms with Crippen LogP contribution in [0.4, 0.5) is 5.69 Å². The highest BCUT2D eigenvalue weighted by Crippen LogP contribution is 2.23. The zero-order valence-corrected chi connectivity index (χ0v) is 21.4. The number of nitrogens with zero attached hydrogens (tertiary/aromatic N) is 2. The second-order valence-electron chi connectivity index (χ2n) is 9.21. The van der Waals surface area contributed by atoms with Gasteiger partial charge in [-0.1, -0.05) is 18.2 Å². The molecule has 0 aliphatic carbocycles. The normalized spacial score (nSPS) is 27.2. The minimum atomic E-state index is -4.31. The lowest BCUT2D eigenvalue weighted by atomic mass is 9.99. The Hall–Kier alpha value is -2.64. The van der Waals surface area contributed by atoms with Gasteiger partial charge in [-0.05, 0) is 40.6 Å². The number of nitrogens with one attached hydrogen (secondary N) is 2. The Kier molecular flexibility index (Phi) is 9.32. The lowest BCUT2D eigenvalue weighted by Gasteiger charge is -2.38. The number of hydrogen-bond acceptors (Lipinski definition) is 11. The van der Waals surface area contributed by atoms with Crippen LogP contribution in [0.15, 0.2) is 41.3 Å². The maximum Gasteiger partial charge on any atom is 0.250 e. The quantitative estimate of drug-likeness (QED) is 0.215. The fourth-order valence-corrected chi connectivity index (χ4v) is 5.29. The number of hydrogen-bond donors (Lipinski definition) is 6. The van der Waals surface area contributed by atoms with Gasteiger partial charge in [-0.15, -0.1) is 0 Å². The van der Waals surface area contributed by atoms with Crippen LogP contribution in [0.25, 0.3) is 16.8 Å². The third-order valence-corrected chi connectivity index (χ3v) is 7.92. The summed E-state index contributed by atoms with van der Waals surface area (Å²) in [6, 6.07) is 12.8. The Bertz CT molecular complexity index is 1290. The molecule has 0 amide bonds. The fraction of sp³-hybridized carbons (Fsp3) is 0.480. The number of allylic oxidation sites excluding steroid dienone is 1. The van der Waals surface area contributed by atoms with Gasteiger partial charge >= 0.3 is 0 Å². The van der Waals surface area contributed by atoms with E-state index in [1.165, 1.54) is 6.08 Å². The largest absolute Gasteiger partial charge is 0.388 e. The van der Waals surface area contributed by atoms with Crippen molar-refractivity contribution in [1.29, 1.82) is 5.26 Å². The Morgan fingerprint density at radius 3 is 2.50 bits per heavy atom. The van der Waals surface area contributed by atoms with Crippen molar-refractivity contribution < 1.29 is 38.3 Å². The summed E-state index contributed by atoms with van der Waals surface area (Å²) in [7, 11) is -4.31. The van der Waals surface area contributed by atoms with E-state index in [2.05, 4.69) is 14.9 Å². The van der Waals surface area contributed by atoms with Crippen molar-refractivity contribution in [1.82, 2.24) is 9.62 Å². The van der Waals surface area contributed by atoms with Crippen molar-refractivity contribution >= 4 is 32.6 Å². The minimum Gasteiger partial charge on any atom is -0.388 e. The summed E-state index contributed by atoms with van der Waals surface area (Å²) in [5, 5.41) is 53.7. The monoisotopic (exact) mass is 548 g/mol. The molecule has 2 aliphatic rings. The number of ether oxygens (including phenoxy) is 2. The van der Waals surface area contributed by atoms with Crippen molar-refractivity contribution in [2.75, 3.05) is 51.3 Å². The van der Waals surface area contributed by atoms with Crippen molar-refractivity contribution in [3.8, 4) is 6.07 Å². The van der Waals surface area contributed by atoms with Gasteiger partial charge in [0, 0.05) is 38.4 Å². The van der Waals surface area contributed by atoms with Gasteiger partial charge in [0.25, 0.3) is 10.0 Å². The van der Waals surface area contributed by atoms with Gasteiger partial charge in [-0.2, -0.15) is 5.26 Å². The molecule has 0 saturated carbocycles. The smallest absolute Gasteiger partial charge is 0.250 e. The molecule has 2 aliphatic heterocycles. The van der Waals surface area contributed by atoms with E-state index in [9.17, 15) is 34.1 Å². The predicted octanol–water partition coefficient (Wildman–Crippen LogP) is -0.832. The van der Waals surface area contributed by atoms with Gasteiger partial charge in [0.05, 0.1) is 13.2 Å². The highest BCUT2D eigenvalue weighted by atomic mass is 32.2. The summed E-state index contributed by atoms with van der Waals surface area (Å²) in [4.78, 5) is 1.78. The molecule has 206 valence electrons. The number of nitriles is 1. The molecule has 38 heavy (non-hydrogen) atoms. The van der Waals surface area contributed by atoms with Crippen LogP contribution in [0.5, 0.6) is 0 Å². The molecular weight excluding hydrogens is 516 g/mol. The van der Waals surface area contributed by atoms with Gasteiger partial charge in [0.15, 0.2) is 11.2 Å². The number of fused-ring (bicyclic) bond motifs is 1. The van der Waals surface area contributed by atoms with Gasteiger partial charge in [0.1, 0.15) is 30.5 Å². The first kappa shape index (κ1) is 28.4. The van der Waals surface area contributed by atoms with Gasteiger partial charge in [-0.25, -0.2) is 13.1 Å². The van der Waals surface area contributed by atoms with Crippen LogP contribution < -0.4 is 10.0 Å². The molecule has 0 bridgehead atoms. The third kappa shape index (κ3) is 6.86. The van der Waals surface area contributed by atoms with Crippen molar-refractivity contribution in [2.24, 2.45) is 0 Å². The fourth-order valence-electron chi connectivity index (χ4n) is 4.34. The van der Waals surface area contributed by atoms with Crippen LogP contribution in [0.1, 0.15) is 5.56 Å². The summed E-state index contributed by atoms with van der Waals surface area (Å²) in [5.74, 6) is 0. The number of aliphatic hydroxyl groups excluding tert-OH is 4. The third-order valence-electron chi connectivity index (χ3n) is 6.58. The minimum absolute atomic E-state index is 0.496. The summed E-state index contributed by atoms with van der Waals surface area (Å²) in [6.45, 7) is 4.55. The number of sulfonamides is 1. The molecule has 5 atom stereocenters. The first-order chi connectivity index (χ1) is 18.2. The molecule has 2 aromatic rings. The second kappa shape index (κ2) is 12.5. The SMILES string of the molecule is N#C/C(=C\c1ccc2cc(NCCN3CCOCC3)ccc2c1)S(=O)(=O)NC[C@H]1OC(O)[C@H](O)[C@@H](O)[C@@H]1O. The molecule has 6 N–H and O–H groups in total. The molecule has 0 radical (unpaired) electrons. The van der Waals surface area contributed by atoms with E-state index in [4.69, 9.17) is 9.47 Å². The second-order valence-corrected chi connectivity index (χ2v) is 10.9. The number of benzene rings is 2. The Labute approximate surface area is 220 Å². The van der Waals surface area contributed by atoms with E-state index in [1.807, 2.05) is 24.3 Å². The molecule has 0 aromatic heterocycles. The van der Waals surface area contributed by atoms with Crippen molar-refractivity contribution in [3.63, 3.8) is 0 Å². The first-order valence-corrected chi connectivity index (χ1v) is 13.7. The summed E-state index contributed by atoms with van der Waals surface area (Å²) < 4.78 is 38.0. The average Bonchev–Trinajstić information content (AvgIpc) is 2.92. The van der Waals surface area contributed by atoms with Crippen LogP contribution in [0, 0.1) is 11.3 Å². The highest BCUT2D eigenvalue weighted by molar-refractivity contribution is 7.93. The van der Waals surface area contributed by atoms with Crippen LogP contribution >= 0.6 is 0 Å². The number of morpholine rings is 1. The summed E-state index contributed by atoms with van der Waals surface area (Å²) in [6.07, 6.45) is -7.02. The molecule has 2 heterocycles. The molecule has 0 spiro atoms. The van der Waals surface area contributed by atoms with Crippen molar-refractivity contribution in [2.45, 2.75) is 30.7 Å². The van der Waals surface area contributed by atoms with E-state index >= 15 is 0 Å². The number of anilines is 1. The van der Waals surface area contributed by atoms with Crippen LogP contribution in [0.2, 0.25) is 0 Å². The molecule has 1 unspecified atom stereocenters. The van der Waals surface area contributed by atoms with Crippen molar-refractivity contribution in [3.05, 3.63) is 46.9 Å². The zero-order valence-electron chi connectivity index (χ0n) is 20.6. The molecule has 4 rings (SSSR count). The summed E-state index contributed by atoms with van der Waals surface area (Å²) in [5.41, 5.74) is 1.46. The predicted molar refractivity (Wildman–Crippen MR) is 139 cm³/mol. The van der Waals surface area contributed by atoms with Gasteiger partial charge < -0.3 is 35.2 Å². The molecule has 2 saturated heterocycles. The molecule has 12 nitrogen and oxygen atoms in total. The van der Waals surface area contributed by atoms with Crippen LogP contribution in [-0.2, 0) is 19.5 Å². The molecule has 2 aromatic carbocycles. The van der Waals surface area contributed by atoms with E-state index in [0.29, 0.717) is 5.56 Å². The number of rotatable bonds is 9. The lowest BCUT2D eigenvalue weighted by molar-refractivity contribution is -0.279. The Balaban J connectivity index is 1.40. The first-order valence-electron chi connectivity index (χ1n) is 12.2. The number of aliphatic hydroxyl groups is 4. The van der Waals surface area contributed by atoms with E-state index < -0.39 is 52.2 Å². The standard InChI is InChI=1S/C25H32N4O8S/c26-14-20(38(34,35)28-15-21-22(30)23(31)24(32)25(33)37-21)12-16-1-2-18-13-19(4-3-17(18)11-16)27-5-6-29-7-9-36-10-8-29/h1-4,11-13,21-25,27-28,30-33H,5-10,15H2/b20-12+/t21-,22-,23+,24-,25?/m1/s1. The topological polar surface area (TPSA) is 185 Å². The molecular formula is C25H32N4O8S. The Morgan fingerprint density at radius 1 is 1.05 bits per heavy atom. The van der Waals surface area contributed by atoms with Gasteiger partial charge in [-0.3, -0.25) is 4.90 Å². The van der Waals surface area contributed by atoms with E-state index in [0.717, 1.165) is 55.9 Å². The van der Waals surface area contributed by atoms with E-state index in [-0.39, 0.29) is 0 Å². The maximum atomic E-state index is 12.7. The average molecular weight is 549 g/mol. The van der Waals surface area contributed by atoms with Gasteiger partial charge in [0.2, 0.25) is 0 Å². The van der Waals surface area contributed by atoms with Crippen LogP contribution in [-0.4, -0.2) is 110 Å². The summed E-state index contributed by atoms with van der Waals surface area (Å²) >= 11 is 0. The Morgan fingerprint density at radius 2 is 1.76 bits per heavy atom. The zero-order chi connectivity index (χ0) is 27.3. The lowest BCUT2D eigenvalue weighted by Crippen LogP contribution is -2.59. The molecule has 2 fully saturated rings. The van der Waals surface area contributed by atoms with Crippen LogP contribution in [0.3, 0.4) is 0 Å². The molecule has 13 heteroatoms. The maximum absolute atomic E-state index is 12.7. The van der Waals surface area contributed by atoms with E-state index in [1.54, 1.807) is 18.2 Å².